The van der Waals surface area contributed by atoms with Crippen molar-refractivity contribution in [1.29, 1.82) is 0 Å². The summed E-state index contributed by atoms with van der Waals surface area (Å²) in [6, 6.07) is 0. The zero-order chi connectivity index (χ0) is 9.68. The molecule has 0 bridgehead atoms. The molecule has 0 aromatic carbocycles. The molecule has 1 aliphatic rings. The fourth-order valence-electron chi connectivity index (χ4n) is 1.05. The molecule has 0 aromatic rings. The Balaban J connectivity index is 2.64. The summed E-state index contributed by atoms with van der Waals surface area (Å²) in [4.78, 5) is 10.9. The predicted molar refractivity (Wildman–Crippen MR) is 46.7 cm³/mol. The Morgan fingerprint density at radius 2 is 1.62 bits per heavy atom. The second-order valence-corrected chi connectivity index (χ2v) is 2.49. The molecule has 0 amide bonds. The van der Waals surface area contributed by atoms with E-state index in [-0.39, 0.29) is 12.2 Å². The third-order valence-corrected chi connectivity index (χ3v) is 1.52. The topological polar surface area (TPSA) is 35.5 Å². The lowest BCUT2D eigenvalue weighted by Crippen LogP contribution is -2.32. The molecule has 0 aromatic heterocycles. The summed E-state index contributed by atoms with van der Waals surface area (Å²) in [5, 5.41) is 0. The maximum atomic E-state index is 10.9. The lowest BCUT2D eigenvalue weighted by Gasteiger charge is -2.22. The normalized spacial score (nSPS) is 25.5. The molecule has 2 atom stereocenters. The van der Waals surface area contributed by atoms with Gasteiger partial charge < -0.3 is 9.47 Å². The predicted octanol–water partition coefficient (Wildman–Crippen LogP) is 1.33. The van der Waals surface area contributed by atoms with E-state index in [0.717, 1.165) is 0 Å². The van der Waals surface area contributed by atoms with Gasteiger partial charge in [-0.05, 0) is 13.8 Å². The van der Waals surface area contributed by atoms with Crippen molar-refractivity contribution in [3.8, 4) is 23.7 Å². The van der Waals surface area contributed by atoms with Crippen molar-refractivity contribution in [2.75, 3.05) is 0 Å². The first-order chi connectivity index (χ1) is 6.26. The highest BCUT2D eigenvalue weighted by atomic mass is 16.7. The highest BCUT2D eigenvalue weighted by molar-refractivity contribution is 5.62. The molecular formula is C10H10O3. The third kappa shape index (κ3) is 2.72. The van der Waals surface area contributed by atoms with Crippen molar-refractivity contribution in [1.82, 2.24) is 0 Å². The molecule has 1 rings (SSSR count). The second kappa shape index (κ2) is 4.42. The summed E-state index contributed by atoms with van der Waals surface area (Å²) in [6.45, 7) is 3.40. The zero-order valence-corrected chi connectivity index (χ0v) is 7.59. The minimum Gasteiger partial charge on any atom is -0.418 e. The van der Waals surface area contributed by atoms with Crippen LogP contribution in [0.1, 0.15) is 20.3 Å². The Kier molecular flexibility index (Phi) is 3.23. The molecular weight excluding hydrogens is 168 g/mol. The molecule has 68 valence electrons. The summed E-state index contributed by atoms with van der Waals surface area (Å²) in [6.07, 6.45) is -0.922. The number of carbonyl (C=O) groups excluding carboxylic acids is 1. The van der Waals surface area contributed by atoms with Crippen molar-refractivity contribution in [3.63, 3.8) is 0 Å². The van der Waals surface area contributed by atoms with Crippen LogP contribution >= 0.6 is 0 Å². The zero-order valence-electron chi connectivity index (χ0n) is 7.59. The summed E-state index contributed by atoms with van der Waals surface area (Å²) >= 11 is 0. The van der Waals surface area contributed by atoms with Crippen molar-refractivity contribution < 1.29 is 14.3 Å². The molecule has 13 heavy (non-hydrogen) atoms. The molecule has 0 N–H and O–H groups in total. The molecule has 0 spiro atoms. The third-order valence-electron chi connectivity index (χ3n) is 1.52. The number of ether oxygens (including phenoxy) is 2. The van der Waals surface area contributed by atoms with E-state index in [9.17, 15) is 4.79 Å². The van der Waals surface area contributed by atoms with Crippen molar-refractivity contribution in [3.05, 3.63) is 0 Å². The van der Waals surface area contributed by atoms with Gasteiger partial charge >= 0.3 is 6.16 Å². The summed E-state index contributed by atoms with van der Waals surface area (Å²) in [5.74, 6) is 10.9. The van der Waals surface area contributed by atoms with Gasteiger partial charge in [-0.15, -0.1) is 11.8 Å². The molecule has 1 heterocycles. The number of rotatable bonds is 0. The SMILES string of the molecule is CC#CC1CC(C#CC)OC(=O)O1. The number of hydrogen-bond donors (Lipinski definition) is 0. The van der Waals surface area contributed by atoms with E-state index in [4.69, 9.17) is 9.47 Å². The Bertz CT molecular complexity index is 281. The van der Waals surface area contributed by atoms with Crippen molar-refractivity contribution in [2.24, 2.45) is 0 Å². The van der Waals surface area contributed by atoms with Gasteiger partial charge in [0, 0.05) is 6.42 Å². The van der Waals surface area contributed by atoms with E-state index in [1.165, 1.54) is 0 Å². The van der Waals surface area contributed by atoms with Crippen LogP contribution < -0.4 is 0 Å². The van der Waals surface area contributed by atoms with Crippen LogP contribution in [-0.4, -0.2) is 18.4 Å². The standard InChI is InChI=1S/C10H10O3/c1-3-5-8-7-9(6-4-2)13-10(11)12-8/h8-9H,7H2,1-2H3. The number of carbonyl (C=O) groups is 1. The molecule has 0 saturated carbocycles. The Morgan fingerprint density at radius 3 is 2.00 bits per heavy atom. The fraction of sp³-hybridized carbons (Fsp3) is 0.500. The molecule has 0 radical (unpaired) electrons. The first-order valence-electron chi connectivity index (χ1n) is 3.98. The van der Waals surface area contributed by atoms with Gasteiger partial charge in [0.25, 0.3) is 0 Å². The van der Waals surface area contributed by atoms with Crippen LogP contribution in [0.25, 0.3) is 0 Å². The van der Waals surface area contributed by atoms with Gasteiger partial charge in [0.05, 0.1) is 0 Å². The summed E-state index contributed by atoms with van der Waals surface area (Å²) in [7, 11) is 0. The highest BCUT2D eigenvalue weighted by Gasteiger charge is 2.27. The van der Waals surface area contributed by atoms with E-state index in [1.54, 1.807) is 13.8 Å². The molecule has 1 saturated heterocycles. The van der Waals surface area contributed by atoms with Crippen molar-refractivity contribution in [2.45, 2.75) is 32.5 Å². The first kappa shape index (κ1) is 9.48. The van der Waals surface area contributed by atoms with Gasteiger partial charge in [-0.3, -0.25) is 0 Å². The van der Waals surface area contributed by atoms with Crippen LogP contribution in [0.15, 0.2) is 0 Å². The smallest absolute Gasteiger partial charge is 0.418 e. The lowest BCUT2D eigenvalue weighted by atomic mass is 10.1. The van der Waals surface area contributed by atoms with Gasteiger partial charge in [-0.2, -0.15) is 0 Å². The van der Waals surface area contributed by atoms with Crippen LogP contribution in [0.3, 0.4) is 0 Å². The molecule has 1 aliphatic heterocycles. The maximum absolute atomic E-state index is 10.9. The Hall–Kier alpha value is -1.61. The van der Waals surface area contributed by atoms with E-state index < -0.39 is 6.16 Å². The molecule has 3 nitrogen and oxygen atoms in total. The van der Waals surface area contributed by atoms with E-state index in [2.05, 4.69) is 23.7 Å². The van der Waals surface area contributed by atoms with Gasteiger partial charge in [0.1, 0.15) is 0 Å². The van der Waals surface area contributed by atoms with Crippen LogP contribution in [0, 0.1) is 23.7 Å². The fourth-order valence-corrected chi connectivity index (χ4v) is 1.05. The monoisotopic (exact) mass is 178 g/mol. The quantitative estimate of drug-likeness (QED) is 0.414. The minimum atomic E-state index is -0.688. The van der Waals surface area contributed by atoms with E-state index >= 15 is 0 Å². The van der Waals surface area contributed by atoms with Gasteiger partial charge in [-0.25, -0.2) is 4.79 Å². The van der Waals surface area contributed by atoms with E-state index in [1.807, 2.05) is 0 Å². The molecule has 3 heteroatoms. The van der Waals surface area contributed by atoms with Crippen LogP contribution in [0.2, 0.25) is 0 Å². The van der Waals surface area contributed by atoms with Gasteiger partial charge in [-0.1, -0.05) is 11.8 Å². The lowest BCUT2D eigenvalue weighted by molar-refractivity contribution is -0.0235. The average molecular weight is 178 g/mol. The van der Waals surface area contributed by atoms with Crippen LogP contribution in [-0.2, 0) is 9.47 Å². The number of cyclic esters (lactones) is 2. The molecule has 1 fully saturated rings. The minimum absolute atomic E-state index is 0.378. The van der Waals surface area contributed by atoms with Crippen molar-refractivity contribution >= 4 is 6.16 Å². The largest absolute Gasteiger partial charge is 0.510 e. The van der Waals surface area contributed by atoms with Gasteiger partial charge in [0.15, 0.2) is 12.2 Å². The molecule has 0 aliphatic carbocycles. The number of hydrogen-bond acceptors (Lipinski definition) is 3. The Morgan fingerprint density at radius 1 is 1.15 bits per heavy atom. The van der Waals surface area contributed by atoms with Crippen LogP contribution in [0.4, 0.5) is 4.79 Å². The summed E-state index contributed by atoms with van der Waals surface area (Å²) in [5.41, 5.74) is 0. The highest BCUT2D eigenvalue weighted by Crippen LogP contribution is 2.13. The van der Waals surface area contributed by atoms with Gasteiger partial charge in [0.2, 0.25) is 0 Å². The van der Waals surface area contributed by atoms with Crippen LogP contribution in [0.5, 0.6) is 0 Å². The average Bonchev–Trinajstić information content (AvgIpc) is 2.04. The summed E-state index contributed by atoms with van der Waals surface area (Å²) < 4.78 is 9.60. The van der Waals surface area contributed by atoms with E-state index in [0.29, 0.717) is 6.42 Å². The maximum Gasteiger partial charge on any atom is 0.510 e. The second-order valence-electron chi connectivity index (χ2n) is 2.49. The Labute approximate surface area is 77.4 Å². The first-order valence-corrected chi connectivity index (χ1v) is 3.98. The molecule has 2 unspecified atom stereocenters.